The van der Waals surface area contributed by atoms with Crippen LogP contribution in [0.25, 0.3) is 0 Å². The van der Waals surface area contributed by atoms with E-state index in [0.29, 0.717) is 6.42 Å². The highest BCUT2D eigenvalue weighted by Gasteiger charge is 2.17. The van der Waals surface area contributed by atoms with Gasteiger partial charge in [-0.2, -0.15) is 5.10 Å². The summed E-state index contributed by atoms with van der Waals surface area (Å²) >= 11 is 0. The first-order valence-electron chi connectivity index (χ1n) is 5.43. The predicted octanol–water partition coefficient (Wildman–Crippen LogP) is 1.07. The zero-order valence-electron chi connectivity index (χ0n) is 10.00. The molecule has 0 aliphatic rings. The predicted molar refractivity (Wildman–Crippen MR) is 64.6 cm³/mol. The molecule has 5 nitrogen and oxygen atoms in total. The van der Waals surface area contributed by atoms with Crippen LogP contribution in [0.4, 0.5) is 0 Å². The van der Waals surface area contributed by atoms with Crippen LogP contribution in [0.15, 0.2) is 30.6 Å². The first kappa shape index (κ1) is 11.6. The first-order chi connectivity index (χ1) is 8.22. The Morgan fingerprint density at radius 2 is 2.29 bits per heavy atom. The van der Waals surface area contributed by atoms with Gasteiger partial charge in [0.2, 0.25) is 0 Å². The summed E-state index contributed by atoms with van der Waals surface area (Å²) in [7, 11) is 3.48. The number of ether oxygens (including phenoxy) is 1. The molecule has 2 rings (SSSR count). The van der Waals surface area contributed by atoms with Gasteiger partial charge in [-0.1, -0.05) is 6.07 Å². The molecule has 17 heavy (non-hydrogen) atoms. The molecule has 2 aromatic rings. The van der Waals surface area contributed by atoms with Gasteiger partial charge in [0.15, 0.2) is 5.75 Å². The third-order valence-electron chi connectivity index (χ3n) is 2.68. The standard InChI is InChI=1S/C12H16N4O/c1-16-12(11(17-2)8-15-16)10(13)7-9-5-3-4-6-14-9/h3-6,8,10H,7,13H2,1-2H3. The van der Waals surface area contributed by atoms with Crippen LogP contribution in [0.3, 0.4) is 0 Å². The van der Waals surface area contributed by atoms with Crippen molar-refractivity contribution in [1.82, 2.24) is 14.8 Å². The molecular formula is C12H16N4O. The number of hydrogen-bond donors (Lipinski definition) is 1. The van der Waals surface area contributed by atoms with E-state index in [1.807, 2.05) is 25.2 Å². The number of pyridine rings is 1. The lowest BCUT2D eigenvalue weighted by molar-refractivity contribution is 0.402. The number of methoxy groups -OCH3 is 1. The summed E-state index contributed by atoms with van der Waals surface area (Å²) in [6.07, 6.45) is 4.10. The number of nitrogens with zero attached hydrogens (tertiary/aromatic N) is 3. The Balaban J connectivity index is 2.20. The van der Waals surface area contributed by atoms with Gasteiger partial charge in [-0.25, -0.2) is 0 Å². The number of aryl methyl sites for hydroxylation is 1. The topological polar surface area (TPSA) is 66.0 Å². The Morgan fingerprint density at radius 3 is 2.94 bits per heavy atom. The highest BCUT2D eigenvalue weighted by Crippen LogP contribution is 2.24. The molecule has 1 atom stereocenters. The van der Waals surface area contributed by atoms with Crippen molar-refractivity contribution < 1.29 is 4.74 Å². The zero-order chi connectivity index (χ0) is 12.3. The normalized spacial score (nSPS) is 12.4. The van der Waals surface area contributed by atoms with E-state index < -0.39 is 0 Å². The van der Waals surface area contributed by atoms with E-state index in [-0.39, 0.29) is 6.04 Å². The molecule has 2 aromatic heterocycles. The Kier molecular flexibility index (Phi) is 3.39. The molecule has 2 N–H and O–H groups in total. The van der Waals surface area contributed by atoms with E-state index in [2.05, 4.69) is 10.1 Å². The van der Waals surface area contributed by atoms with Gasteiger partial charge in [0, 0.05) is 25.4 Å². The molecule has 0 amide bonds. The molecule has 2 heterocycles. The molecule has 0 bridgehead atoms. The monoisotopic (exact) mass is 232 g/mol. The summed E-state index contributed by atoms with van der Waals surface area (Å²) < 4.78 is 6.98. The largest absolute Gasteiger partial charge is 0.493 e. The van der Waals surface area contributed by atoms with Gasteiger partial charge in [-0.3, -0.25) is 9.67 Å². The smallest absolute Gasteiger partial charge is 0.161 e. The maximum Gasteiger partial charge on any atom is 0.161 e. The van der Waals surface area contributed by atoms with E-state index >= 15 is 0 Å². The Morgan fingerprint density at radius 1 is 1.47 bits per heavy atom. The lowest BCUT2D eigenvalue weighted by Crippen LogP contribution is -2.18. The lowest BCUT2D eigenvalue weighted by Gasteiger charge is -2.13. The number of rotatable bonds is 4. The van der Waals surface area contributed by atoms with Crippen LogP contribution in [-0.2, 0) is 13.5 Å². The molecule has 0 aliphatic heterocycles. The Hall–Kier alpha value is -1.88. The molecule has 0 saturated heterocycles. The maximum atomic E-state index is 6.17. The summed E-state index contributed by atoms with van der Waals surface area (Å²) in [6, 6.07) is 5.63. The van der Waals surface area contributed by atoms with Crippen molar-refractivity contribution in [3.8, 4) is 5.75 Å². The van der Waals surface area contributed by atoms with Crippen molar-refractivity contribution in [3.05, 3.63) is 42.0 Å². The lowest BCUT2D eigenvalue weighted by atomic mass is 10.1. The molecule has 0 spiro atoms. The number of hydrogen-bond acceptors (Lipinski definition) is 4. The second kappa shape index (κ2) is 4.97. The minimum atomic E-state index is -0.174. The van der Waals surface area contributed by atoms with E-state index in [1.165, 1.54) is 0 Å². The molecular weight excluding hydrogens is 216 g/mol. The highest BCUT2D eigenvalue weighted by atomic mass is 16.5. The van der Waals surface area contributed by atoms with Crippen molar-refractivity contribution in [2.24, 2.45) is 12.8 Å². The van der Waals surface area contributed by atoms with E-state index in [9.17, 15) is 0 Å². The van der Waals surface area contributed by atoms with Gasteiger partial charge in [-0.05, 0) is 12.1 Å². The van der Waals surface area contributed by atoms with E-state index in [1.54, 1.807) is 24.2 Å². The quantitative estimate of drug-likeness (QED) is 0.856. The summed E-state index contributed by atoms with van der Waals surface area (Å²) in [5, 5.41) is 4.14. The Bertz CT molecular complexity index is 481. The fourth-order valence-electron chi connectivity index (χ4n) is 1.85. The summed E-state index contributed by atoms with van der Waals surface area (Å²) in [5.74, 6) is 0.718. The van der Waals surface area contributed by atoms with E-state index in [0.717, 1.165) is 17.1 Å². The average Bonchev–Trinajstić information content (AvgIpc) is 2.71. The molecule has 5 heteroatoms. The van der Waals surface area contributed by atoms with Crippen molar-refractivity contribution in [2.75, 3.05) is 7.11 Å². The van der Waals surface area contributed by atoms with Crippen molar-refractivity contribution in [2.45, 2.75) is 12.5 Å². The third kappa shape index (κ3) is 2.45. The second-order valence-electron chi connectivity index (χ2n) is 3.85. The molecule has 0 aromatic carbocycles. The van der Waals surface area contributed by atoms with Crippen LogP contribution in [-0.4, -0.2) is 21.9 Å². The van der Waals surface area contributed by atoms with Crippen LogP contribution >= 0.6 is 0 Å². The number of nitrogens with two attached hydrogens (primary N) is 1. The summed E-state index contributed by atoms with van der Waals surface area (Å²) in [4.78, 5) is 4.26. The Labute approximate surface area is 100 Å². The van der Waals surface area contributed by atoms with Crippen LogP contribution in [0.2, 0.25) is 0 Å². The zero-order valence-corrected chi connectivity index (χ0v) is 10.00. The van der Waals surface area contributed by atoms with Crippen molar-refractivity contribution in [3.63, 3.8) is 0 Å². The molecule has 1 unspecified atom stereocenters. The van der Waals surface area contributed by atoms with Gasteiger partial charge in [0.05, 0.1) is 25.0 Å². The van der Waals surface area contributed by atoms with Gasteiger partial charge in [0.1, 0.15) is 0 Å². The minimum Gasteiger partial charge on any atom is -0.493 e. The average molecular weight is 232 g/mol. The fraction of sp³-hybridized carbons (Fsp3) is 0.333. The van der Waals surface area contributed by atoms with Crippen molar-refractivity contribution >= 4 is 0 Å². The second-order valence-corrected chi connectivity index (χ2v) is 3.85. The van der Waals surface area contributed by atoms with Crippen LogP contribution in [0.5, 0.6) is 5.75 Å². The van der Waals surface area contributed by atoms with Crippen LogP contribution in [0, 0.1) is 0 Å². The van der Waals surface area contributed by atoms with Crippen molar-refractivity contribution in [1.29, 1.82) is 0 Å². The number of aromatic nitrogens is 3. The fourth-order valence-corrected chi connectivity index (χ4v) is 1.85. The molecule has 0 fully saturated rings. The molecule has 90 valence electrons. The van der Waals surface area contributed by atoms with Gasteiger partial charge in [-0.15, -0.1) is 0 Å². The SMILES string of the molecule is COc1cnn(C)c1C(N)Cc1ccccn1. The molecule has 0 radical (unpaired) electrons. The van der Waals surface area contributed by atoms with Crippen LogP contribution < -0.4 is 10.5 Å². The summed E-state index contributed by atoms with van der Waals surface area (Å²) in [5.41, 5.74) is 8.02. The summed E-state index contributed by atoms with van der Waals surface area (Å²) in [6.45, 7) is 0. The van der Waals surface area contributed by atoms with Gasteiger partial charge in [0.25, 0.3) is 0 Å². The third-order valence-corrected chi connectivity index (χ3v) is 2.68. The highest BCUT2D eigenvalue weighted by molar-refractivity contribution is 5.28. The minimum absolute atomic E-state index is 0.174. The maximum absolute atomic E-state index is 6.17. The first-order valence-corrected chi connectivity index (χ1v) is 5.43. The molecule has 0 aliphatic carbocycles. The molecule has 0 saturated carbocycles. The van der Waals surface area contributed by atoms with Gasteiger partial charge < -0.3 is 10.5 Å². The van der Waals surface area contributed by atoms with Gasteiger partial charge >= 0.3 is 0 Å². The van der Waals surface area contributed by atoms with E-state index in [4.69, 9.17) is 10.5 Å². The van der Waals surface area contributed by atoms with Crippen LogP contribution in [0.1, 0.15) is 17.4 Å².